The molecule has 4 rings (SSSR count). The Balaban J connectivity index is 1.32. The Bertz CT molecular complexity index is 643. The summed E-state index contributed by atoms with van der Waals surface area (Å²) < 4.78 is 6.18. The number of nitrogens with zero attached hydrogens (tertiary/aromatic N) is 1. The van der Waals surface area contributed by atoms with Crippen LogP contribution in [0.3, 0.4) is 0 Å². The lowest BCUT2D eigenvalue weighted by Crippen LogP contribution is -2.39. The molecule has 4 atom stereocenters. The van der Waals surface area contributed by atoms with Crippen LogP contribution in [-0.4, -0.2) is 41.8 Å². The van der Waals surface area contributed by atoms with E-state index < -0.39 is 6.10 Å². The van der Waals surface area contributed by atoms with Crippen molar-refractivity contribution >= 4 is 0 Å². The molecular weight excluding hydrogens is 322 g/mol. The Hall–Kier alpha value is -0.900. The Morgan fingerprint density at radius 1 is 1.23 bits per heavy atom. The summed E-state index contributed by atoms with van der Waals surface area (Å²) in [6.45, 7) is 9.57. The zero-order valence-corrected chi connectivity index (χ0v) is 16.7. The van der Waals surface area contributed by atoms with Crippen molar-refractivity contribution < 1.29 is 9.84 Å². The molecular formula is C23H35NO2. The number of aryl methyl sites for hydroxylation is 1. The first-order valence-electron chi connectivity index (χ1n) is 10.5. The van der Waals surface area contributed by atoms with Gasteiger partial charge in [-0.3, -0.25) is 4.90 Å². The van der Waals surface area contributed by atoms with Crippen molar-refractivity contribution in [2.24, 2.45) is 10.8 Å². The molecule has 0 radical (unpaired) electrons. The standard InChI is InChI=1S/C23H35NO2/c1-22(2)11-18-12-23(3,15-22)16-24(18)13-19(25)14-26-21-10-6-8-17-7-4-5-9-20(17)21/h4-5,7,9,18-19,21,25H,6,8,10-16H2,1-3H3/t18-,19+,21-,23+/m0/s1. The second-order valence-corrected chi connectivity index (χ2v) is 10.2. The number of hydrogen-bond donors (Lipinski definition) is 1. The van der Waals surface area contributed by atoms with Crippen LogP contribution in [0, 0.1) is 10.8 Å². The number of ether oxygens (including phenoxy) is 1. The Morgan fingerprint density at radius 3 is 2.88 bits per heavy atom. The highest BCUT2D eigenvalue weighted by atomic mass is 16.5. The van der Waals surface area contributed by atoms with Crippen molar-refractivity contribution in [3.8, 4) is 0 Å². The van der Waals surface area contributed by atoms with E-state index in [1.54, 1.807) is 0 Å². The fourth-order valence-corrected chi connectivity index (χ4v) is 6.22. The third kappa shape index (κ3) is 3.85. The van der Waals surface area contributed by atoms with E-state index in [9.17, 15) is 5.11 Å². The van der Waals surface area contributed by atoms with Crippen molar-refractivity contribution in [2.45, 2.75) is 77.5 Å². The minimum Gasteiger partial charge on any atom is -0.389 e. The molecule has 0 unspecified atom stereocenters. The molecule has 2 bridgehead atoms. The summed E-state index contributed by atoms with van der Waals surface area (Å²) in [7, 11) is 0. The summed E-state index contributed by atoms with van der Waals surface area (Å²) >= 11 is 0. The first-order valence-corrected chi connectivity index (χ1v) is 10.5. The molecule has 3 aliphatic rings. The first-order chi connectivity index (χ1) is 12.3. The molecule has 1 heterocycles. The van der Waals surface area contributed by atoms with Gasteiger partial charge in [0.15, 0.2) is 0 Å². The van der Waals surface area contributed by atoms with Crippen LogP contribution in [-0.2, 0) is 11.2 Å². The third-order valence-electron chi connectivity index (χ3n) is 6.77. The fraction of sp³-hybridized carbons (Fsp3) is 0.739. The minimum atomic E-state index is -0.393. The van der Waals surface area contributed by atoms with Gasteiger partial charge in [-0.2, -0.15) is 0 Å². The van der Waals surface area contributed by atoms with E-state index in [-0.39, 0.29) is 6.10 Å². The molecule has 1 aromatic rings. The average Bonchev–Trinajstić information content (AvgIpc) is 2.81. The van der Waals surface area contributed by atoms with Crippen LogP contribution in [0.5, 0.6) is 0 Å². The zero-order valence-electron chi connectivity index (χ0n) is 16.7. The van der Waals surface area contributed by atoms with Crippen molar-refractivity contribution in [3.63, 3.8) is 0 Å². The van der Waals surface area contributed by atoms with Gasteiger partial charge in [-0.25, -0.2) is 0 Å². The second-order valence-electron chi connectivity index (χ2n) is 10.2. The van der Waals surface area contributed by atoms with E-state index >= 15 is 0 Å². The van der Waals surface area contributed by atoms with Crippen LogP contribution < -0.4 is 0 Å². The van der Waals surface area contributed by atoms with E-state index in [1.165, 1.54) is 36.8 Å². The molecule has 1 aromatic carbocycles. The van der Waals surface area contributed by atoms with Crippen molar-refractivity contribution in [3.05, 3.63) is 35.4 Å². The highest BCUT2D eigenvalue weighted by molar-refractivity contribution is 5.31. The largest absolute Gasteiger partial charge is 0.389 e. The van der Waals surface area contributed by atoms with Gasteiger partial charge in [-0.15, -0.1) is 0 Å². The van der Waals surface area contributed by atoms with Crippen LogP contribution in [0.15, 0.2) is 24.3 Å². The van der Waals surface area contributed by atoms with Crippen LogP contribution >= 0.6 is 0 Å². The van der Waals surface area contributed by atoms with E-state index in [2.05, 4.69) is 49.9 Å². The summed E-state index contributed by atoms with van der Waals surface area (Å²) in [6.07, 6.45) is 7.02. The van der Waals surface area contributed by atoms with E-state index in [0.717, 1.165) is 25.9 Å². The molecule has 1 saturated heterocycles. The maximum Gasteiger partial charge on any atom is 0.0900 e. The molecule has 0 spiro atoms. The van der Waals surface area contributed by atoms with E-state index in [0.29, 0.717) is 23.5 Å². The number of fused-ring (bicyclic) bond motifs is 3. The first kappa shape index (κ1) is 18.5. The quantitative estimate of drug-likeness (QED) is 0.851. The van der Waals surface area contributed by atoms with Gasteiger partial charge in [0.1, 0.15) is 0 Å². The van der Waals surface area contributed by atoms with Crippen LogP contribution in [0.25, 0.3) is 0 Å². The highest BCUT2D eigenvalue weighted by Crippen LogP contribution is 2.52. The lowest BCUT2D eigenvalue weighted by atomic mass is 9.65. The van der Waals surface area contributed by atoms with Crippen molar-refractivity contribution in [1.29, 1.82) is 0 Å². The van der Waals surface area contributed by atoms with Gasteiger partial charge in [-0.05, 0) is 60.5 Å². The average molecular weight is 358 g/mol. The molecule has 2 fully saturated rings. The Kier molecular flexibility index (Phi) is 4.92. The highest BCUT2D eigenvalue weighted by Gasteiger charge is 2.49. The van der Waals surface area contributed by atoms with Gasteiger partial charge in [0, 0.05) is 19.1 Å². The summed E-state index contributed by atoms with van der Waals surface area (Å²) in [5, 5.41) is 10.7. The maximum atomic E-state index is 10.7. The second kappa shape index (κ2) is 6.92. The van der Waals surface area contributed by atoms with Gasteiger partial charge in [0.05, 0.1) is 18.8 Å². The number of hydrogen-bond acceptors (Lipinski definition) is 3. The molecule has 1 N–H and O–H groups in total. The molecule has 1 saturated carbocycles. The summed E-state index contributed by atoms with van der Waals surface area (Å²) in [4.78, 5) is 2.54. The number of rotatable bonds is 5. The molecule has 0 aromatic heterocycles. The molecule has 144 valence electrons. The summed E-state index contributed by atoms with van der Waals surface area (Å²) in [5.41, 5.74) is 3.61. The number of aliphatic hydroxyl groups excluding tert-OH is 1. The van der Waals surface area contributed by atoms with E-state index in [4.69, 9.17) is 4.74 Å². The molecule has 3 heteroatoms. The van der Waals surface area contributed by atoms with Crippen molar-refractivity contribution in [1.82, 2.24) is 4.90 Å². The molecule has 1 aliphatic heterocycles. The number of benzene rings is 1. The van der Waals surface area contributed by atoms with E-state index in [1.807, 2.05) is 0 Å². The van der Waals surface area contributed by atoms with Gasteiger partial charge in [0.2, 0.25) is 0 Å². The molecule has 26 heavy (non-hydrogen) atoms. The predicted molar refractivity (Wildman–Crippen MR) is 105 cm³/mol. The fourth-order valence-electron chi connectivity index (χ4n) is 6.22. The SMILES string of the molecule is CC1(C)C[C@H]2C[C@@](C)(CN2C[C@@H](O)CO[C@H]2CCCc3ccccc32)C1. The number of β-amino-alcohol motifs (C(OH)–C–C–N with tert-alkyl or cyclic N) is 1. The molecule has 3 nitrogen and oxygen atoms in total. The summed E-state index contributed by atoms with van der Waals surface area (Å²) in [6, 6.07) is 9.26. The Labute approximate surface area is 158 Å². The van der Waals surface area contributed by atoms with Crippen LogP contribution in [0.2, 0.25) is 0 Å². The van der Waals surface area contributed by atoms with Crippen molar-refractivity contribution in [2.75, 3.05) is 19.7 Å². The van der Waals surface area contributed by atoms with Gasteiger partial charge in [-0.1, -0.05) is 45.0 Å². The lowest BCUT2D eigenvalue weighted by molar-refractivity contribution is -0.0301. The maximum absolute atomic E-state index is 10.7. The van der Waals surface area contributed by atoms with Crippen LogP contribution in [0.4, 0.5) is 0 Å². The predicted octanol–water partition coefficient (Wildman–Crippen LogP) is 4.34. The Morgan fingerprint density at radius 2 is 2.04 bits per heavy atom. The molecule has 2 aliphatic carbocycles. The zero-order chi connectivity index (χ0) is 18.4. The van der Waals surface area contributed by atoms with Gasteiger partial charge < -0.3 is 9.84 Å². The number of likely N-dealkylation sites (tertiary alicyclic amines) is 1. The van der Waals surface area contributed by atoms with Gasteiger partial charge >= 0.3 is 0 Å². The normalized spacial score (nSPS) is 34.5. The van der Waals surface area contributed by atoms with Crippen LogP contribution in [0.1, 0.15) is 70.1 Å². The number of aliphatic hydroxyl groups is 1. The minimum absolute atomic E-state index is 0.156. The third-order valence-corrected chi connectivity index (χ3v) is 6.77. The van der Waals surface area contributed by atoms with Gasteiger partial charge in [0.25, 0.3) is 0 Å². The topological polar surface area (TPSA) is 32.7 Å². The smallest absolute Gasteiger partial charge is 0.0900 e. The summed E-state index contributed by atoms with van der Waals surface area (Å²) in [5.74, 6) is 0. The lowest BCUT2D eigenvalue weighted by Gasteiger charge is -2.40. The molecule has 0 amide bonds. The monoisotopic (exact) mass is 357 g/mol.